The minimum atomic E-state index is -0.232. The van der Waals surface area contributed by atoms with Crippen molar-refractivity contribution in [3.05, 3.63) is 35.5 Å². The molecule has 0 radical (unpaired) electrons. The topological polar surface area (TPSA) is 68.2 Å². The van der Waals surface area contributed by atoms with Gasteiger partial charge in [-0.3, -0.25) is 4.90 Å². The Morgan fingerprint density at radius 3 is 2.83 bits per heavy atom. The average molecular weight is 355 g/mol. The van der Waals surface area contributed by atoms with Crippen LogP contribution in [0.2, 0.25) is 0 Å². The van der Waals surface area contributed by atoms with E-state index in [0.29, 0.717) is 23.8 Å². The molecular weight excluding hydrogens is 331 g/mol. The Bertz CT molecular complexity index is 708. The molecule has 2 heterocycles. The van der Waals surface area contributed by atoms with Gasteiger partial charge in [-0.25, -0.2) is 4.39 Å². The van der Waals surface area contributed by atoms with E-state index in [1.807, 2.05) is 0 Å². The summed E-state index contributed by atoms with van der Waals surface area (Å²) in [5, 5.41) is 4.05. The number of benzene rings is 1. The average Bonchev–Trinajstić information content (AvgIpc) is 3.17. The lowest BCUT2D eigenvalue weighted by Gasteiger charge is -2.25. The first-order chi connectivity index (χ1) is 10.9. The lowest BCUT2D eigenvalue weighted by molar-refractivity contribution is 0.188. The van der Waals surface area contributed by atoms with Gasteiger partial charge in [-0.2, -0.15) is 4.98 Å². The van der Waals surface area contributed by atoms with E-state index in [2.05, 4.69) is 28.9 Å². The smallest absolute Gasteiger partial charge is 0.244 e. The SMILES string of the molecule is Cc1cc(-c2noc(C(C)N3CCC(C)(CN)C3)n2)ccc1F.Cl. The first-order valence-electron chi connectivity index (χ1n) is 7.96. The number of aryl methyl sites for hydroxylation is 1. The van der Waals surface area contributed by atoms with Crippen LogP contribution in [0, 0.1) is 18.2 Å². The van der Waals surface area contributed by atoms with E-state index in [1.165, 1.54) is 6.07 Å². The minimum Gasteiger partial charge on any atom is -0.337 e. The predicted molar refractivity (Wildman–Crippen MR) is 93.4 cm³/mol. The summed E-state index contributed by atoms with van der Waals surface area (Å²) in [6.45, 7) is 8.58. The zero-order valence-electron chi connectivity index (χ0n) is 14.3. The van der Waals surface area contributed by atoms with Crippen LogP contribution in [0.4, 0.5) is 4.39 Å². The van der Waals surface area contributed by atoms with Crippen LogP contribution in [0.15, 0.2) is 22.7 Å². The van der Waals surface area contributed by atoms with Crippen LogP contribution in [0.3, 0.4) is 0 Å². The molecule has 2 N–H and O–H groups in total. The van der Waals surface area contributed by atoms with Gasteiger partial charge in [0.2, 0.25) is 11.7 Å². The highest BCUT2D eigenvalue weighted by atomic mass is 35.5. The molecule has 2 unspecified atom stereocenters. The molecule has 2 aromatic rings. The number of nitrogens with two attached hydrogens (primary N) is 1. The molecule has 1 saturated heterocycles. The maximum Gasteiger partial charge on any atom is 0.244 e. The van der Waals surface area contributed by atoms with Crippen molar-refractivity contribution in [1.82, 2.24) is 15.0 Å². The standard InChI is InChI=1S/C17H23FN4O.ClH/c1-11-8-13(4-5-14(11)18)15-20-16(23-21-15)12(2)22-7-6-17(3,9-19)10-22;/h4-5,8,12H,6-7,9-10,19H2,1-3H3;1H. The van der Waals surface area contributed by atoms with Crippen molar-refractivity contribution in [3.8, 4) is 11.4 Å². The number of hydrogen-bond donors (Lipinski definition) is 1. The normalized spacial score (nSPS) is 22.4. The van der Waals surface area contributed by atoms with Crippen molar-refractivity contribution in [2.45, 2.75) is 33.2 Å². The molecule has 0 saturated carbocycles. The molecule has 0 bridgehead atoms. The first kappa shape index (κ1) is 18.8. The summed E-state index contributed by atoms with van der Waals surface area (Å²) in [5.74, 6) is 0.850. The second kappa shape index (κ2) is 7.17. The monoisotopic (exact) mass is 354 g/mol. The number of halogens is 2. The highest BCUT2D eigenvalue weighted by molar-refractivity contribution is 5.85. The number of likely N-dealkylation sites (tertiary alicyclic amines) is 1. The third-order valence-corrected chi connectivity index (χ3v) is 4.84. The fraction of sp³-hybridized carbons (Fsp3) is 0.529. The number of rotatable bonds is 4. The van der Waals surface area contributed by atoms with E-state index in [4.69, 9.17) is 10.3 Å². The second-order valence-corrected chi connectivity index (χ2v) is 6.83. The number of nitrogens with zero attached hydrogens (tertiary/aromatic N) is 3. The molecule has 2 atom stereocenters. The third-order valence-electron chi connectivity index (χ3n) is 4.84. The minimum absolute atomic E-state index is 0. The largest absolute Gasteiger partial charge is 0.337 e. The quantitative estimate of drug-likeness (QED) is 0.912. The molecule has 1 fully saturated rings. The Labute approximate surface area is 147 Å². The molecule has 24 heavy (non-hydrogen) atoms. The van der Waals surface area contributed by atoms with Gasteiger partial charge in [0.1, 0.15) is 5.82 Å². The molecule has 1 aliphatic rings. The van der Waals surface area contributed by atoms with Gasteiger partial charge in [0.05, 0.1) is 6.04 Å². The van der Waals surface area contributed by atoms with Crippen molar-refractivity contribution in [2.75, 3.05) is 19.6 Å². The molecular formula is C17H24ClFN4O. The van der Waals surface area contributed by atoms with Gasteiger partial charge in [0.25, 0.3) is 0 Å². The Hall–Kier alpha value is -1.50. The number of aromatic nitrogens is 2. The van der Waals surface area contributed by atoms with Crippen LogP contribution in [-0.4, -0.2) is 34.7 Å². The molecule has 3 rings (SSSR count). The van der Waals surface area contributed by atoms with Gasteiger partial charge < -0.3 is 10.3 Å². The van der Waals surface area contributed by atoms with Crippen molar-refractivity contribution in [3.63, 3.8) is 0 Å². The fourth-order valence-electron chi connectivity index (χ4n) is 3.02. The Morgan fingerprint density at radius 2 is 2.21 bits per heavy atom. The van der Waals surface area contributed by atoms with E-state index in [-0.39, 0.29) is 29.7 Å². The zero-order valence-corrected chi connectivity index (χ0v) is 15.1. The molecule has 132 valence electrons. The zero-order chi connectivity index (χ0) is 16.6. The molecule has 0 aliphatic carbocycles. The summed E-state index contributed by atoms with van der Waals surface area (Å²) < 4.78 is 18.8. The maximum absolute atomic E-state index is 13.4. The molecule has 0 spiro atoms. The summed E-state index contributed by atoms with van der Waals surface area (Å²) in [5.41, 5.74) is 7.36. The first-order valence-corrected chi connectivity index (χ1v) is 7.96. The summed E-state index contributed by atoms with van der Waals surface area (Å²) >= 11 is 0. The predicted octanol–water partition coefficient (Wildman–Crippen LogP) is 3.34. The number of hydrogen-bond acceptors (Lipinski definition) is 5. The van der Waals surface area contributed by atoms with Crippen molar-refractivity contribution in [2.24, 2.45) is 11.1 Å². The highest BCUT2D eigenvalue weighted by Gasteiger charge is 2.36. The summed E-state index contributed by atoms with van der Waals surface area (Å²) in [6.07, 6.45) is 1.08. The van der Waals surface area contributed by atoms with Gasteiger partial charge in [0.15, 0.2) is 0 Å². The second-order valence-electron chi connectivity index (χ2n) is 6.83. The van der Waals surface area contributed by atoms with E-state index in [1.54, 1.807) is 19.1 Å². The van der Waals surface area contributed by atoms with E-state index in [9.17, 15) is 4.39 Å². The molecule has 1 aromatic heterocycles. The van der Waals surface area contributed by atoms with Crippen LogP contribution in [-0.2, 0) is 0 Å². The van der Waals surface area contributed by atoms with Crippen molar-refractivity contribution < 1.29 is 8.91 Å². The van der Waals surface area contributed by atoms with Crippen LogP contribution < -0.4 is 5.73 Å². The highest BCUT2D eigenvalue weighted by Crippen LogP contribution is 2.34. The summed E-state index contributed by atoms with van der Waals surface area (Å²) in [7, 11) is 0. The molecule has 1 aliphatic heterocycles. The van der Waals surface area contributed by atoms with Gasteiger partial charge in [0, 0.05) is 12.1 Å². The molecule has 1 aromatic carbocycles. The fourth-order valence-corrected chi connectivity index (χ4v) is 3.02. The van der Waals surface area contributed by atoms with E-state index >= 15 is 0 Å². The van der Waals surface area contributed by atoms with Gasteiger partial charge in [-0.15, -0.1) is 12.4 Å². The van der Waals surface area contributed by atoms with Gasteiger partial charge in [-0.05, 0) is 62.5 Å². The summed E-state index contributed by atoms with van der Waals surface area (Å²) in [4.78, 5) is 6.82. The van der Waals surface area contributed by atoms with Crippen LogP contribution in [0.5, 0.6) is 0 Å². The van der Waals surface area contributed by atoms with Crippen LogP contribution in [0.25, 0.3) is 11.4 Å². The van der Waals surface area contributed by atoms with Gasteiger partial charge >= 0.3 is 0 Å². The maximum atomic E-state index is 13.4. The van der Waals surface area contributed by atoms with Crippen molar-refractivity contribution >= 4 is 12.4 Å². The lowest BCUT2D eigenvalue weighted by Crippen LogP contribution is -2.32. The lowest BCUT2D eigenvalue weighted by atomic mass is 9.90. The van der Waals surface area contributed by atoms with Crippen LogP contribution in [0.1, 0.15) is 37.8 Å². The van der Waals surface area contributed by atoms with E-state index in [0.717, 1.165) is 25.1 Å². The summed E-state index contributed by atoms with van der Waals surface area (Å²) in [6, 6.07) is 4.88. The van der Waals surface area contributed by atoms with Crippen molar-refractivity contribution in [1.29, 1.82) is 0 Å². The van der Waals surface area contributed by atoms with Crippen LogP contribution >= 0.6 is 12.4 Å². The molecule has 7 heteroatoms. The van der Waals surface area contributed by atoms with Gasteiger partial charge in [-0.1, -0.05) is 12.1 Å². The molecule has 0 amide bonds. The Morgan fingerprint density at radius 1 is 1.46 bits per heavy atom. The van der Waals surface area contributed by atoms with E-state index < -0.39 is 0 Å². The third kappa shape index (κ3) is 3.61. The Kier molecular flexibility index (Phi) is 5.63. The molecule has 5 nitrogen and oxygen atoms in total. The Balaban J connectivity index is 0.00000208.